The molecule has 1 aliphatic heterocycles. The maximum Gasteiger partial charge on any atom is 0.0594 e. The monoisotopic (exact) mass is 256 g/mol. The summed E-state index contributed by atoms with van der Waals surface area (Å²) in [5.41, 5.74) is 6.55. The van der Waals surface area contributed by atoms with Crippen molar-refractivity contribution in [3.63, 3.8) is 0 Å². The summed E-state index contributed by atoms with van der Waals surface area (Å²) in [5, 5.41) is 0. The van der Waals surface area contributed by atoms with Crippen LogP contribution in [0.3, 0.4) is 0 Å². The van der Waals surface area contributed by atoms with Gasteiger partial charge in [0.1, 0.15) is 0 Å². The Morgan fingerprint density at radius 3 is 2.17 bits per heavy atom. The van der Waals surface area contributed by atoms with Crippen molar-refractivity contribution >= 4 is 0 Å². The molecule has 1 fully saturated rings. The van der Waals surface area contributed by atoms with Crippen molar-refractivity contribution in [2.45, 2.75) is 59.0 Å². The van der Waals surface area contributed by atoms with Gasteiger partial charge < -0.3 is 10.5 Å². The third-order valence-corrected chi connectivity index (χ3v) is 4.26. The molecule has 0 radical (unpaired) electrons. The number of rotatable bonds is 6. The van der Waals surface area contributed by atoms with E-state index in [1.165, 1.54) is 6.42 Å². The second kappa shape index (κ2) is 6.88. The van der Waals surface area contributed by atoms with Crippen LogP contribution in [0.15, 0.2) is 0 Å². The van der Waals surface area contributed by atoms with Crippen molar-refractivity contribution in [1.29, 1.82) is 0 Å². The van der Waals surface area contributed by atoms with E-state index in [0.717, 1.165) is 38.6 Å². The van der Waals surface area contributed by atoms with Crippen LogP contribution in [0.5, 0.6) is 0 Å². The highest BCUT2D eigenvalue weighted by Crippen LogP contribution is 2.25. The van der Waals surface area contributed by atoms with E-state index in [0.29, 0.717) is 5.92 Å². The Hall–Kier alpha value is -0.120. The average Bonchev–Trinajstić information content (AvgIpc) is 2.28. The minimum atomic E-state index is 0.0784. The summed E-state index contributed by atoms with van der Waals surface area (Å²) in [6.07, 6.45) is 2.38. The van der Waals surface area contributed by atoms with Gasteiger partial charge in [0.15, 0.2) is 0 Å². The van der Waals surface area contributed by atoms with Gasteiger partial charge in [-0.3, -0.25) is 4.90 Å². The van der Waals surface area contributed by atoms with Gasteiger partial charge in [-0.05, 0) is 38.5 Å². The molecule has 3 heteroatoms. The summed E-state index contributed by atoms with van der Waals surface area (Å²) in [4.78, 5) is 2.49. The minimum Gasteiger partial charge on any atom is -0.379 e. The topological polar surface area (TPSA) is 38.5 Å². The lowest BCUT2D eigenvalue weighted by Crippen LogP contribution is -2.59. The molecule has 0 aliphatic carbocycles. The molecular formula is C15H32N2O. The quantitative estimate of drug-likeness (QED) is 0.793. The molecule has 1 heterocycles. The van der Waals surface area contributed by atoms with E-state index in [9.17, 15) is 0 Å². The van der Waals surface area contributed by atoms with Crippen LogP contribution in [0.2, 0.25) is 0 Å². The molecule has 18 heavy (non-hydrogen) atoms. The zero-order valence-corrected chi connectivity index (χ0v) is 12.9. The Morgan fingerprint density at radius 2 is 1.67 bits per heavy atom. The summed E-state index contributed by atoms with van der Waals surface area (Å²) < 4.78 is 5.43. The highest BCUT2D eigenvalue weighted by Gasteiger charge is 2.34. The summed E-state index contributed by atoms with van der Waals surface area (Å²) in [6.45, 7) is 15.2. The molecule has 0 amide bonds. The zero-order chi connectivity index (χ0) is 13.8. The van der Waals surface area contributed by atoms with Gasteiger partial charge in [0, 0.05) is 24.7 Å². The van der Waals surface area contributed by atoms with E-state index in [4.69, 9.17) is 10.5 Å². The third kappa shape index (κ3) is 4.52. The van der Waals surface area contributed by atoms with Gasteiger partial charge in [-0.2, -0.15) is 0 Å². The van der Waals surface area contributed by atoms with E-state index in [-0.39, 0.29) is 11.6 Å². The number of nitrogens with zero attached hydrogens (tertiary/aromatic N) is 1. The molecule has 1 rings (SSSR count). The Labute approximate surface area is 113 Å². The SMILES string of the molecule is CC(C)CC(C)CC(N)C(C)(C)N1CCOCC1. The Bertz CT molecular complexity index is 235. The zero-order valence-electron chi connectivity index (χ0n) is 12.9. The highest BCUT2D eigenvalue weighted by molar-refractivity contribution is 4.93. The molecule has 0 bridgehead atoms. The van der Waals surface area contributed by atoms with Gasteiger partial charge in [0.2, 0.25) is 0 Å². The van der Waals surface area contributed by atoms with Gasteiger partial charge in [-0.15, -0.1) is 0 Å². The number of hydrogen-bond donors (Lipinski definition) is 1. The fourth-order valence-electron chi connectivity index (χ4n) is 3.00. The number of hydrogen-bond acceptors (Lipinski definition) is 3. The predicted molar refractivity (Wildman–Crippen MR) is 77.7 cm³/mol. The first-order valence-corrected chi connectivity index (χ1v) is 7.42. The van der Waals surface area contributed by atoms with Crippen LogP contribution in [0.25, 0.3) is 0 Å². The molecule has 3 nitrogen and oxygen atoms in total. The van der Waals surface area contributed by atoms with Gasteiger partial charge in [-0.1, -0.05) is 20.8 Å². The molecule has 0 aromatic rings. The molecule has 2 atom stereocenters. The molecule has 108 valence electrons. The Morgan fingerprint density at radius 1 is 1.11 bits per heavy atom. The molecule has 0 aromatic heterocycles. The lowest BCUT2D eigenvalue weighted by atomic mass is 9.83. The van der Waals surface area contributed by atoms with E-state index in [2.05, 4.69) is 39.5 Å². The number of nitrogens with two attached hydrogens (primary N) is 1. The summed E-state index contributed by atoms with van der Waals surface area (Å²) >= 11 is 0. The van der Waals surface area contributed by atoms with Gasteiger partial charge in [0.05, 0.1) is 13.2 Å². The van der Waals surface area contributed by atoms with Crippen LogP contribution in [0.4, 0.5) is 0 Å². The summed E-state index contributed by atoms with van der Waals surface area (Å²) in [7, 11) is 0. The summed E-state index contributed by atoms with van der Waals surface area (Å²) in [6, 6.07) is 0.240. The Kier molecular flexibility index (Phi) is 6.09. The van der Waals surface area contributed by atoms with Crippen molar-refractivity contribution in [3.05, 3.63) is 0 Å². The van der Waals surface area contributed by atoms with Gasteiger partial charge >= 0.3 is 0 Å². The van der Waals surface area contributed by atoms with Crippen LogP contribution < -0.4 is 5.73 Å². The maximum absolute atomic E-state index is 6.48. The molecule has 0 aromatic carbocycles. The lowest BCUT2D eigenvalue weighted by Gasteiger charge is -2.45. The number of ether oxygens (including phenoxy) is 1. The molecule has 0 saturated carbocycles. The van der Waals surface area contributed by atoms with E-state index in [1.807, 2.05) is 0 Å². The Balaban J connectivity index is 2.49. The minimum absolute atomic E-state index is 0.0784. The molecule has 2 N–H and O–H groups in total. The predicted octanol–water partition coefficient (Wildman–Crippen LogP) is 2.50. The second-order valence-electron chi connectivity index (χ2n) is 6.83. The molecule has 1 aliphatic rings. The molecule has 1 saturated heterocycles. The first-order chi connectivity index (χ1) is 8.34. The van der Waals surface area contributed by atoms with Crippen molar-refractivity contribution in [2.75, 3.05) is 26.3 Å². The average molecular weight is 256 g/mol. The van der Waals surface area contributed by atoms with Gasteiger partial charge in [0.25, 0.3) is 0 Å². The van der Waals surface area contributed by atoms with Crippen molar-refractivity contribution in [1.82, 2.24) is 4.90 Å². The first-order valence-electron chi connectivity index (χ1n) is 7.42. The van der Waals surface area contributed by atoms with Crippen molar-refractivity contribution < 1.29 is 4.74 Å². The molecule has 2 unspecified atom stereocenters. The fraction of sp³-hybridized carbons (Fsp3) is 1.00. The van der Waals surface area contributed by atoms with Crippen molar-refractivity contribution in [3.8, 4) is 0 Å². The largest absolute Gasteiger partial charge is 0.379 e. The van der Waals surface area contributed by atoms with Gasteiger partial charge in [-0.25, -0.2) is 0 Å². The van der Waals surface area contributed by atoms with Crippen LogP contribution in [-0.4, -0.2) is 42.8 Å². The second-order valence-corrected chi connectivity index (χ2v) is 6.83. The smallest absolute Gasteiger partial charge is 0.0594 e. The van der Waals surface area contributed by atoms with Crippen LogP contribution in [0.1, 0.15) is 47.5 Å². The molecule has 0 spiro atoms. The van der Waals surface area contributed by atoms with Crippen LogP contribution >= 0.6 is 0 Å². The fourth-order valence-corrected chi connectivity index (χ4v) is 3.00. The molecular weight excluding hydrogens is 224 g/mol. The van der Waals surface area contributed by atoms with E-state index in [1.54, 1.807) is 0 Å². The number of morpholine rings is 1. The maximum atomic E-state index is 6.48. The third-order valence-electron chi connectivity index (χ3n) is 4.26. The van der Waals surface area contributed by atoms with E-state index < -0.39 is 0 Å². The van der Waals surface area contributed by atoms with Crippen LogP contribution in [-0.2, 0) is 4.74 Å². The normalized spacial score (nSPS) is 22.2. The van der Waals surface area contributed by atoms with E-state index >= 15 is 0 Å². The standard InChI is InChI=1S/C15H32N2O/c1-12(2)10-13(3)11-14(16)15(4,5)17-6-8-18-9-7-17/h12-14H,6-11,16H2,1-5H3. The van der Waals surface area contributed by atoms with Crippen LogP contribution in [0, 0.1) is 11.8 Å². The first kappa shape index (κ1) is 15.9. The lowest BCUT2D eigenvalue weighted by molar-refractivity contribution is -0.0212. The highest BCUT2D eigenvalue weighted by atomic mass is 16.5. The summed E-state index contributed by atoms with van der Waals surface area (Å²) in [5.74, 6) is 1.47. The van der Waals surface area contributed by atoms with Crippen molar-refractivity contribution in [2.24, 2.45) is 17.6 Å².